The van der Waals surface area contributed by atoms with Crippen molar-refractivity contribution in [2.45, 2.75) is 52.0 Å². The number of para-hydroxylation sites is 1. The zero-order chi connectivity index (χ0) is 31.0. The molecule has 2 aromatic carbocycles. The highest BCUT2D eigenvalue weighted by molar-refractivity contribution is 6.31. The van der Waals surface area contributed by atoms with Crippen LogP contribution < -0.4 is 9.64 Å². The van der Waals surface area contributed by atoms with Gasteiger partial charge in [-0.2, -0.15) is 0 Å². The largest absolute Gasteiger partial charge is 0.491 e. The summed E-state index contributed by atoms with van der Waals surface area (Å²) < 4.78 is 20.0. The second-order valence-electron chi connectivity index (χ2n) is 13.1. The van der Waals surface area contributed by atoms with Gasteiger partial charge in [-0.15, -0.1) is 0 Å². The maximum Gasteiger partial charge on any atom is 0.241 e. The van der Waals surface area contributed by atoms with Crippen LogP contribution >= 0.6 is 11.6 Å². The molecule has 0 spiro atoms. The number of amides is 4. The number of hydrogen-bond donors (Lipinski definition) is 1. The highest BCUT2D eigenvalue weighted by Crippen LogP contribution is 2.64. The Morgan fingerprint density at radius 1 is 1.05 bits per heavy atom. The summed E-state index contributed by atoms with van der Waals surface area (Å²) in [4.78, 5) is 58.7. The van der Waals surface area contributed by atoms with Crippen LogP contribution in [0.2, 0.25) is 5.02 Å². The van der Waals surface area contributed by atoms with Gasteiger partial charge in [0.1, 0.15) is 18.2 Å². The third kappa shape index (κ3) is 4.26. The monoisotopic (exact) mass is 608 g/mol. The van der Waals surface area contributed by atoms with Crippen molar-refractivity contribution in [2.75, 3.05) is 18.1 Å². The first kappa shape index (κ1) is 29.5. The van der Waals surface area contributed by atoms with Crippen LogP contribution in [0.3, 0.4) is 0 Å². The Balaban J connectivity index is 1.53. The van der Waals surface area contributed by atoms with Gasteiger partial charge in [0.05, 0.1) is 40.5 Å². The summed E-state index contributed by atoms with van der Waals surface area (Å²) in [7, 11) is 0. The summed E-state index contributed by atoms with van der Waals surface area (Å²) in [6.45, 7) is 7.06. The number of imide groups is 2. The van der Waals surface area contributed by atoms with Gasteiger partial charge in [-0.3, -0.25) is 24.1 Å². The summed E-state index contributed by atoms with van der Waals surface area (Å²) in [6.07, 6.45) is 2.52. The minimum atomic E-state index is -1.29. The van der Waals surface area contributed by atoms with Gasteiger partial charge in [0.25, 0.3) is 0 Å². The molecule has 0 radical (unpaired) electrons. The molecule has 6 unspecified atom stereocenters. The second kappa shape index (κ2) is 10.3. The van der Waals surface area contributed by atoms with E-state index in [1.807, 2.05) is 39.0 Å². The first-order chi connectivity index (χ1) is 20.3. The van der Waals surface area contributed by atoms with E-state index in [1.165, 1.54) is 17.0 Å². The molecule has 4 aliphatic rings. The Hall–Kier alpha value is -3.56. The van der Waals surface area contributed by atoms with Crippen LogP contribution in [-0.2, 0) is 19.2 Å². The number of carbonyl (C=O) groups is 4. The van der Waals surface area contributed by atoms with E-state index in [0.29, 0.717) is 17.7 Å². The number of rotatable bonds is 5. The number of allylic oxidation sites excluding steroid dienone is 2. The molecular weight excluding hydrogens is 575 g/mol. The van der Waals surface area contributed by atoms with Crippen molar-refractivity contribution >= 4 is 40.9 Å². The predicted molar refractivity (Wildman–Crippen MR) is 157 cm³/mol. The number of likely N-dealkylation sites (tertiary alicyclic amines) is 1. The number of aliphatic hydroxyl groups excluding tert-OH is 1. The van der Waals surface area contributed by atoms with E-state index < -0.39 is 58.2 Å². The van der Waals surface area contributed by atoms with E-state index in [9.17, 15) is 28.7 Å². The van der Waals surface area contributed by atoms with Crippen molar-refractivity contribution in [3.05, 3.63) is 70.5 Å². The van der Waals surface area contributed by atoms with Crippen LogP contribution in [0.25, 0.3) is 0 Å². The van der Waals surface area contributed by atoms with Gasteiger partial charge in [0, 0.05) is 17.0 Å². The van der Waals surface area contributed by atoms with Crippen molar-refractivity contribution in [3.8, 4) is 5.75 Å². The highest BCUT2D eigenvalue weighted by atomic mass is 35.5. The fourth-order valence-electron chi connectivity index (χ4n) is 7.90. The van der Waals surface area contributed by atoms with Crippen molar-refractivity contribution in [2.24, 2.45) is 29.1 Å². The topological polar surface area (TPSA) is 104 Å². The fraction of sp³-hybridized carbons (Fsp3) is 0.455. The van der Waals surface area contributed by atoms with E-state index >= 15 is 0 Å². The molecule has 2 heterocycles. The fourth-order valence-corrected chi connectivity index (χ4v) is 8.07. The molecule has 2 aliphatic carbocycles. The molecule has 10 heteroatoms. The quantitative estimate of drug-likeness (QED) is 0.383. The number of ether oxygens (including phenoxy) is 1. The van der Waals surface area contributed by atoms with E-state index in [2.05, 4.69) is 0 Å². The zero-order valence-corrected chi connectivity index (χ0v) is 25.2. The molecule has 6 rings (SSSR count). The molecule has 2 saturated heterocycles. The van der Waals surface area contributed by atoms with Crippen molar-refractivity contribution in [1.29, 1.82) is 0 Å². The van der Waals surface area contributed by atoms with Crippen molar-refractivity contribution in [3.63, 3.8) is 0 Å². The molecule has 0 aromatic heterocycles. The van der Waals surface area contributed by atoms with Crippen LogP contribution in [-0.4, -0.2) is 52.4 Å². The smallest absolute Gasteiger partial charge is 0.241 e. The second-order valence-corrected chi connectivity index (χ2v) is 13.5. The lowest BCUT2D eigenvalue weighted by molar-refractivity contribution is -0.145. The van der Waals surface area contributed by atoms with Crippen LogP contribution in [0.4, 0.5) is 10.1 Å². The van der Waals surface area contributed by atoms with Gasteiger partial charge in [-0.1, -0.05) is 41.4 Å². The number of benzene rings is 2. The molecule has 8 nitrogen and oxygen atoms in total. The van der Waals surface area contributed by atoms with Gasteiger partial charge in [-0.25, -0.2) is 9.29 Å². The number of aliphatic hydroxyl groups is 1. The summed E-state index contributed by atoms with van der Waals surface area (Å²) in [5.74, 6) is -4.80. The van der Waals surface area contributed by atoms with Crippen LogP contribution in [0, 0.1) is 34.9 Å². The summed E-state index contributed by atoms with van der Waals surface area (Å²) >= 11 is 6.07. The minimum absolute atomic E-state index is 0.0255. The standard InChI is InChI=1S/C33H34ClFN2O6/c1-32(2,3)37-28(39)20-11-10-18-21(26(20)30(37)41)16-22-29(40)36(17-9-12-24(35)23(34)15-17)31(42)33(22,4)27(18)19-7-5-6-8-25(19)43-14-13-38/h5-10,12,15,20-22,26-27,38H,11,13-14,16H2,1-4H3. The predicted octanol–water partition coefficient (Wildman–Crippen LogP) is 4.88. The maximum atomic E-state index is 14.5. The number of fused-ring (bicyclic) bond motifs is 4. The normalized spacial score (nSPS) is 30.3. The molecular formula is C33H34ClFN2O6. The molecule has 1 saturated carbocycles. The summed E-state index contributed by atoms with van der Waals surface area (Å²) in [5.41, 5.74) is -0.348. The Bertz CT molecular complexity index is 1580. The van der Waals surface area contributed by atoms with E-state index in [0.717, 1.165) is 16.5 Å². The highest BCUT2D eigenvalue weighted by Gasteiger charge is 2.68. The SMILES string of the molecule is CC12C(=O)N(c3ccc(F)c(Cl)c3)C(=O)C1CC1C(=CCC3C(=O)N(C(C)(C)C)C(=O)C31)C2c1ccccc1OCCO. The van der Waals surface area contributed by atoms with Gasteiger partial charge >= 0.3 is 0 Å². The molecule has 0 bridgehead atoms. The van der Waals surface area contributed by atoms with E-state index in [-0.39, 0.29) is 42.2 Å². The molecule has 6 atom stereocenters. The molecule has 4 amide bonds. The lowest BCUT2D eigenvalue weighted by Gasteiger charge is -2.49. The summed E-state index contributed by atoms with van der Waals surface area (Å²) in [5, 5.41) is 9.28. The van der Waals surface area contributed by atoms with Gasteiger partial charge in [-0.05, 0) is 70.7 Å². The van der Waals surface area contributed by atoms with Crippen LogP contribution in [0.1, 0.15) is 52.0 Å². The Labute approximate surface area is 254 Å². The minimum Gasteiger partial charge on any atom is -0.491 e. The van der Waals surface area contributed by atoms with Crippen LogP contribution in [0.15, 0.2) is 54.1 Å². The Kier molecular flexibility index (Phi) is 7.05. The van der Waals surface area contributed by atoms with Crippen LogP contribution in [0.5, 0.6) is 5.75 Å². The first-order valence-electron chi connectivity index (χ1n) is 14.6. The molecule has 2 aromatic rings. The number of nitrogens with zero attached hydrogens (tertiary/aromatic N) is 2. The average molecular weight is 609 g/mol. The first-order valence-corrected chi connectivity index (χ1v) is 14.9. The molecule has 43 heavy (non-hydrogen) atoms. The Morgan fingerprint density at radius 2 is 1.77 bits per heavy atom. The van der Waals surface area contributed by atoms with Gasteiger partial charge in [0.2, 0.25) is 23.6 Å². The van der Waals surface area contributed by atoms with Gasteiger partial charge in [0.15, 0.2) is 0 Å². The van der Waals surface area contributed by atoms with Crippen molar-refractivity contribution < 1.29 is 33.4 Å². The lowest BCUT2D eigenvalue weighted by atomic mass is 9.51. The maximum absolute atomic E-state index is 14.5. The molecule has 226 valence electrons. The average Bonchev–Trinajstić information content (AvgIpc) is 3.33. The van der Waals surface area contributed by atoms with E-state index in [4.69, 9.17) is 16.3 Å². The third-order valence-corrected chi connectivity index (χ3v) is 9.98. The number of carbonyl (C=O) groups excluding carboxylic acids is 4. The van der Waals surface area contributed by atoms with Gasteiger partial charge < -0.3 is 9.84 Å². The third-order valence-electron chi connectivity index (χ3n) is 9.69. The number of hydrogen-bond acceptors (Lipinski definition) is 6. The lowest BCUT2D eigenvalue weighted by Crippen LogP contribution is -2.49. The zero-order valence-electron chi connectivity index (χ0n) is 24.5. The number of anilines is 1. The molecule has 3 fully saturated rings. The molecule has 2 aliphatic heterocycles. The molecule has 1 N–H and O–H groups in total. The van der Waals surface area contributed by atoms with Crippen molar-refractivity contribution in [1.82, 2.24) is 4.90 Å². The number of halogens is 2. The summed E-state index contributed by atoms with van der Waals surface area (Å²) in [6, 6.07) is 10.9. The van der Waals surface area contributed by atoms with E-state index in [1.54, 1.807) is 19.1 Å². The Morgan fingerprint density at radius 3 is 2.44 bits per heavy atom.